The summed E-state index contributed by atoms with van der Waals surface area (Å²) in [4.78, 5) is 17.8. The molecule has 0 saturated heterocycles. The number of pyridine rings is 1. The Balaban J connectivity index is 1.21. The number of nitrogens with zero attached hydrogens (tertiary/aromatic N) is 4. The molecule has 10 heteroatoms. The van der Waals surface area contributed by atoms with E-state index in [1.54, 1.807) is 50.7 Å². The molecule has 1 amide bonds. The minimum atomic E-state index is -1.11. The van der Waals surface area contributed by atoms with Crippen LogP contribution in [0.15, 0.2) is 65.2 Å². The molecule has 2 aromatic rings. The van der Waals surface area contributed by atoms with Crippen molar-refractivity contribution in [2.75, 3.05) is 0 Å². The van der Waals surface area contributed by atoms with Crippen molar-refractivity contribution in [1.29, 1.82) is 5.41 Å². The summed E-state index contributed by atoms with van der Waals surface area (Å²) in [5.41, 5.74) is 1.93. The third kappa shape index (κ3) is 6.55. The van der Waals surface area contributed by atoms with Gasteiger partial charge in [0.05, 0.1) is 34.5 Å². The van der Waals surface area contributed by atoms with E-state index in [2.05, 4.69) is 15.4 Å². The van der Waals surface area contributed by atoms with E-state index >= 15 is 0 Å². The fourth-order valence-electron chi connectivity index (χ4n) is 6.08. The highest BCUT2D eigenvalue weighted by Gasteiger charge is 2.45. The van der Waals surface area contributed by atoms with Gasteiger partial charge in [0, 0.05) is 52.5 Å². The molecule has 5 N–H and O–H groups in total. The van der Waals surface area contributed by atoms with Crippen LogP contribution in [0, 0.1) is 17.2 Å². The van der Waals surface area contributed by atoms with Gasteiger partial charge in [0.2, 0.25) is 17.3 Å². The molecule has 4 aliphatic carbocycles. The molecule has 2 heterocycles. The van der Waals surface area contributed by atoms with Crippen LogP contribution >= 0.6 is 0 Å². The van der Waals surface area contributed by atoms with Crippen molar-refractivity contribution in [3.05, 3.63) is 77.2 Å². The van der Waals surface area contributed by atoms with Crippen molar-refractivity contribution in [3.8, 4) is 0 Å². The molecular weight excluding hydrogens is 544 g/mol. The molecule has 0 unspecified atom stereocenters. The Hall–Kier alpha value is -3.89. The Morgan fingerprint density at radius 2 is 1.95 bits per heavy atom. The van der Waals surface area contributed by atoms with E-state index < -0.39 is 11.2 Å². The number of amides is 1. The largest absolute Gasteiger partial charge is 0.390 e. The third-order valence-corrected chi connectivity index (χ3v) is 9.13. The summed E-state index contributed by atoms with van der Waals surface area (Å²) >= 11 is 0. The molecular formula is C33H41N6O4+. The maximum atomic E-state index is 13.3. The number of allylic oxidation sites excluding steroid dienone is 4. The smallest absolute Gasteiger partial charge is 0.243 e. The van der Waals surface area contributed by atoms with Crippen molar-refractivity contribution in [3.63, 3.8) is 0 Å². The predicted molar refractivity (Wildman–Crippen MR) is 161 cm³/mol. The van der Waals surface area contributed by atoms with Crippen molar-refractivity contribution < 1.29 is 24.9 Å². The first-order chi connectivity index (χ1) is 20.5. The summed E-state index contributed by atoms with van der Waals surface area (Å²) in [6.45, 7) is 3.34. The molecule has 2 aromatic heterocycles. The minimum absolute atomic E-state index is 0.0424. The third-order valence-electron chi connectivity index (χ3n) is 9.13. The van der Waals surface area contributed by atoms with Gasteiger partial charge in [-0.3, -0.25) is 15.0 Å². The average molecular weight is 586 g/mol. The second-order valence-corrected chi connectivity index (χ2v) is 13.1. The number of aliphatic imine (C=N–C) groups is 1. The lowest BCUT2D eigenvalue weighted by molar-refractivity contribution is -0.914. The van der Waals surface area contributed by atoms with E-state index in [1.807, 2.05) is 18.3 Å². The summed E-state index contributed by atoms with van der Waals surface area (Å²) in [6.07, 6.45) is 17.8. The summed E-state index contributed by atoms with van der Waals surface area (Å²) in [5.74, 6) is 0.743. The van der Waals surface area contributed by atoms with Crippen LogP contribution in [0.5, 0.6) is 0 Å². The molecule has 43 heavy (non-hydrogen) atoms. The van der Waals surface area contributed by atoms with Gasteiger partial charge in [-0.05, 0) is 95.3 Å². The monoisotopic (exact) mass is 585 g/mol. The standard InChI is InChI=1S/C33H40N6O4/c1-32(2,41)25-19-36-38(20-25)30-16-27(34)23(18-35-17-21-10-12-33(42,13-11-21)24-8-9-24)14-28(30)37-31(40)15-26-4-3-5-29(39(26)43)22-6-7-22/h3-5,14,16-22,24,34,41-42H,6-13,15H2,1-2H3,(H-,37,40,43)/p+1/b23-18-,34-27?,35-17-. The Morgan fingerprint density at radius 1 is 1.21 bits per heavy atom. The van der Waals surface area contributed by atoms with Crippen LogP contribution in [0.2, 0.25) is 0 Å². The maximum Gasteiger partial charge on any atom is 0.243 e. The zero-order valence-corrected chi connectivity index (χ0v) is 24.8. The van der Waals surface area contributed by atoms with Crippen LogP contribution in [0.4, 0.5) is 0 Å². The fraction of sp³-hybridized carbons (Fsp3) is 0.485. The Labute approximate surface area is 251 Å². The van der Waals surface area contributed by atoms with E-state index in [9.17, 15) is 20.2 Å². The quantitative estimate of drug-likeness (QED) is 0.172. The Bertz CT molecular complexity index is 1540. The number of hydrogen-bond donors (Lipinski definition) is 5. The average Bonchev–Trinajstić information content (AvgIpc) is 3.90. The molecule has 0 bridgehead atoms. The molecule has 3 fully saturated rings. The van der Waals surface area contributed by atoms with Gasteiger partial charge < -0.3 is 20.9 Å². The van der Waals surface area contributed by atoms with Gasteiger partial charge in [0.1, 0.15) is 6.42 Å². The molecule has 6 rings (SSSR count). The highest BCUT2D eigenvalue weighted by Crippen LogP contribution is 2.48. The van der Waals surface area contributed by atoms with Crippen molar-refractivity contribution in [2.45, 2.75) is 88.8 Å². The number of aliphatic hydroxyl groups is 2. The highest BCUT2D eigenvalue weighted by molar-refractivity contribution is 6.14. The van der Waals surface area contributed by atoms with Crippen LogP contribution in [0.1, 0.15) is 88.1 Å². The van der Waals surface area contributed by atoms with E-state index in [4.69, 9.17) is 5.41 Å². The first kappa shape index (κ1) is 29.2. The number of aromatic nitrogens is 3. The maximum absolute atomic E-state index is 13.3. The molecule has 0 spiro atoms. The van der Waals surface area contributed by atoms with E-state index in [0.29, 0.717) is 40.1 Å². The van der Waals surface area contributed by atoms with Crippen molar-refractivity contribution in [2.24, 2.45) is 16.8 Å². The first-order valence-corrected chi connectivity index (χ1v) is 15.3. The topological polar surface area (TPSA) is 148 Å². The van der Waals surface area contributed by atoms with E-state index in [1.165, 1.54) is 4.68 Å². The number of carbonyl (C=O) groups is 1. The van der Waals surface area contributed by atoms with Crippen LogP contribution < -0.4 is 10.0 Å². The van der Waals surface area contributed by atoms with Crippen molar-refractivity contribution in [1.82, 2.24) is 15.1 Å². The number of nitrogens with one attached hydrogen (secondary N) is 2. The lowest BCUT2D eigenvalue weighted by atomic mass is 9.76. The van der Waals surface area contributed by atoms with Gasteiger partial charge in [-0.25, -0.2) is 4.68 Å². The molecule has 3 saturated carbocycles. The first-order valence-electron chi connectivity index (χ1n) is 15.3. The fourth-order valence-corrected chi connectivity index (χ4v) is 6.08. The van der Waals surface area contributed by atoms with E-state index in [-0.39, 0.29) is 24.0 Å². The van der Waals surface area contributed by atoms with Gasteiger partial charge in [0.25, 0.3) is 0 Å². The molecule has 226 valence electrons. The second kappa shape index (κ2) is 11.3. The van der Waals surface area contributed by atoms with Crippen LogP contribution in [0.25, 0.3) is 5.70 Å². The van der Waals surface area contributed by atoms with Crippen LogP contribution in [0.3, 0.4) is 0 Å². The SMILES string of the molecule is CC(C)(O)c1cnn(C2=CC(=N)/C(=C\N=C/C3CCC(O)(C4CC4)CC3)C=C2NC(=O)Cc2cccc(C3CC3)[n+]2O)c1. The number of hydrogen-bond acceptors (Lipinski definition) is 7. The predicted octanol–water partition coefficient (Wildman–Crippen LogP) is 3.92. The van der Waals surface area contributed by atoms with Gasteiger partial charge in [-0.15, -0.1) is 0 Å². The Kier molecular flexibility index (Phi) is 7.68. The second-order valence-electron chi connectivity index (χ2n) is 13.1. The summed E-state index contributed by atoms with van der Waals surface area (Å²) in [5, 5.41) is 48.1. The molecule has 0 atom stereocenters. The van der Waals surface area contributed by atoms with Gasteiger partial charge in [-0.1, -0.05) is 0 Å². The molecule has 10 nitrogen and oxygen atoms in total. The highest BCUT2D eigenvalue weighted by atomic mass is 16.5. The lowest BCUT2D eigenvalue weighted by Crippen LogP contribution is -2.42. The van der Waals surface area contributed by atoms with Gasteiger partial charge >= 0.3 is 0 Å². The molecule has 0 radical (unpaired) electrons. The summed E-state index contributed by atoms with van der Waals surface area (Å²) < 4.78 is 2.66. The number of carbonyl (C=O) groups excluding carboxylic acids is 1. The molecule has 4 aliphatic rings. The summed E-state index contributed by atoms with van der Waals surface area (Å²) in [7, 11) is 0. The summed E-state index contributed by atoms with van der Waals surface area (Å²) in [6, 6.07) is 5.47. The molecule has 0 aromatic carbocycles. The Morgan fingerprint density at radius 3 is 2.60 bits per heavy atom. The molecule has 0 aliphatic heterocycles. The van der Waals surface area contributed by atoms with Crippen molar-refractivity contribution >= 4 is 23.5 Å². The van der Waals surface area contributed by atoms with E-state index in [0.717, 1.165) is 61.8 Å². The normalized spacial score (nSPS) is 25.6. The van der Waals surface area contributed by atoms with Crippen LogP contribution in [-0.4, -0.2) is 48.6 Å². The lowest BCUT2D eigenvalue weighted by Gasteiger charge is -2.35. The van der Waals surface area contributed by atoms with Gasteiger partial charge in [0.15, 0.2) is 0 Å². The number of rotatable bonds is 9. The van der Waals surface area contributed by atoms with Gasteiger partial charge in [-0.2, -0.15) is 5.10 Å². The zero-order valence-electron chi connectivity index (χ0n) is 24.8. The zero-order chi connectivity index (χ0) is 30.4. The minimum Gasteiger partial charge on any atom is -0.390 e. The van der Waals surface area contributed by atoms with Crippen LogP contribution in [-0.2, 0) is 16.8 Å².